The molecule has 1 N–H and O–H groups in total. The summed E-state index contributed by atoms with van der Waals surface area (Å²) in [6, 6.07) is 11.0. The second kappa shape index (κ2) is 4.07. The topological polar surface area (TPSA) is 32.3 Å². The van der Waals surface area contributed by atoms with Crippen LogP contribution in [0.5, 0.6) is 0 Å². The Hall–Kier alpha value is -1.35. The third-order valence-electron chi connectivity index (χ3n) is 5.04. The number of nitrogens with one attached hydrogen (secondary N) is 1. The standard InChI is InChI=1S/C16H20N2O/c1-10(19)11-3-2-4-14(5-11)18-15-6-12-7-16(18)9-13(8-15)17-12/h2-5,12-13,15-17H,6-9H2,1H3. The minimum atomic E-state index is 0.161. The van der Waals surface area contributed by atoms with Gasteiger partial charge in [0.05, 0.1) is 0 Å². The minimum absolute atomic E-state index is 0.161. The second-order valence-electron chi connectivity index (χ2n) is 6.32. The molecule has 0 unspecified atom stereocenters. The van der Waals surface area contributed by atoms with Crippen molar-refractivity contribution in [2.24, 2.45) is 0 Å². The zero-order valence-electron chi connectivity index (χ0n) is 11.3. The summed E-state index contributed by atoms with van der Waals surface area (Å²) in [5.74, 6) is 0.161. The number of hydrogen-bond donors (Lipinski definition) is 1. The quantitative estimate of drug-likeness (QED) is 0.824. The first-order valence-electron chi connectivity index (χ1n) is 7.36. The van der Waals surface area contributed by atoms with Gasteiger partial charge in [0.2, 0.25) is 0 Å². The van der Waals surface area contributed by atoms with Crippen molar-refractivity contribution in [3.8, 4) is 0 Å². The Kier molecular flexibility index (Phi) is 2.46. The Morgan fingerprint density at radius 3 is 2.37 bits per heavy atom. The van der Waals surface area contributed by atoms with Gasteiger partial charge in [-0.2, -0.15) is 0 Å². The number of nitrogens with zero attached hydrogens (tertiary/aromatic N) is 1. The summed E-state index contributed by atoms with van der Waals surface area (Å²) in [4.78, 5) is 14.2. The fraction of sp³-hybridized carbons (Fsp3) is 0.562. The van der Waals surface area contributed by atoms with E-state index in [1.807, 2.05) is 12.1 Å². The van der Waals surface area contributed by atoms with E-state index in [-0.39, 0.29) is 5.78 Å². The lowest BCUT2D eigenvalue weighted by atomic mass is 9.74. The first-order valence-corrected chi connectivity index (χ1v) is 7.36. The SMILES string of the molecule is CC(=O)c1cccc(N2C3CC4CC2CC(C3)N4)c1. The van der Waals surface area contributed by atoms with Crippen molar-refractivity contribution < 1.29 is 4.79 Å². The van der Waals surface area contributed by atoms with Gasteiger partial charge in [-0.15, -0.1) is 0 Å². The smallest absolute Gasteiger partial charge is 0.159 e. The van der Waals surface area contributed by atoms with Gasteiger partial charge >= 0.3 is 0 Å². The molecule has 0 atom stereocenters. The van der Waals surface area contributed by atoms with Crippen LogP contribution in [0.1, 0.15) is 43.0 Å². The Bertz CT molecular complexity index is 497. The summed E-state index contributed by atoms with van der Waals surface area (Å²) in [7, 11) is 0. The van der Waals surface area contributed by atoms with E-state index >= 15 is 0 Å². The van der Waals surface area contributed by atoms with Crippen LogP contribution in [0, 0.1) is 0 Å². The maximum atomic E-state index is 11.6. The highest BCUT2D eigenvalue weighted by atomic mass is 16.1. The van der Waals surface area contributed by atoms with Crippen LogP contribution in [0.4, 0.5) is 5.69 Å². The molecule has 19 heavy (non-hydrogen) atoms. The molecule has 4 heterocycles. The van der Waals surface area contributed by atoms with E-state index in [1.54, 1.807) is 6.92 Å². The maximum absolute atomic E-state index is 11.6. The lowest BCUT2D eigenvalue weighted by Gasteiger charge is -2.58. The van der Waals surface area contributed by atoms with E-state index in [0.717, 1.165) is 17.6 Å². The molecule has 4 aliphatic rings. The van der Waals surface area contributed by atoms with Crippen LogP contribution in [0.25, 0.3) is 0 Å². The number of piperidine rings is 4. The number of carbonyl (C=O) groups excluding carboxylic acids is 1. The number of anilines is 1. The van der Waals surface area contributed by atoms with Gasteiger partial charge in [-0.3, -0.25) is 4.79 Å². The van der Waals surface area contributed by atoms with Gasteiger partial charge in [-0.05, 0) is 44.7 Å². The summed E-state index contributed by atoms with van der Waals surface area (Å²) in [5, 5.41) is 3.73. The average Bonchev–Trinajstić information content (AvgIpc) is 2.37. The Morgan fingerprint density at radius 2 is 1.79 bits per heavy atom. The van der Waals surface area contributed by atoms with Crippen molar-refractivity contribution in [1.29, 1.82) is 0 Å². The van der Waals surface area contributed by atoms with E-state index in [2.05, 4.69) is 22.3 Å². The second-order valence-corrected chi connectivity index (χ2v) is 6.32. The molecule has 0 aromatic heterocycles. The van der Waals surface area contributed by atoms with Gasteiger partial charge in [0, 0.05) is 35.4 Å². The molecule has 3 heteroatoms. The van der Waals surface area contributed by atoms with E-state index in [9.17, 15) is 4.79 Å². The summed E-state index contributed by atoms with van der Waals surface area (Å²) >= 11 is 0. The summed E-state index contributed by atoms with van der Waals surface area (Å²) in [6.45, 7) is 1.65. The number of benzene rings is 1. The largest absolute Gasteiger partial charge is 0.365 e. The van der Waals surface area contributed by atoms with Gasteiger partial charge in [0.25, 0.3) is 0 Å². The predicted molar refractivity (Wildman–Crippen MR) is 75.7 cm³/mol. The van der Waals surface area contributed by atoms with Crippen molar-refractivity contribution >= 4 is 11.5 Å². The Labute approximate surface area is 114 Å². The zero-order chi connectivity index (χ0) is 13.0. The molecule has 4 bridgehead atoms. The molecule has 4 fully saturated rings. The molecular weight excluding hydrogens is 236 g/mol. The normalized spacial score (nSPS) is 35.7. The molecule has 4 aliphatic heterocycles. The predicted octanol–water partition coefficient (Wildman–Crippen LogP) is 2.36. The van der Waals surface area contributed by atoms with Gasteiger partial charge in [-0.25, -0.2) is 0 Å². The van der Waals surface area contributed by atoms with Crippen LogP contribution in [0.15, 0.2) is 24.3 Å². The number of carbonyl (C=O) groups is 1. The van der Waals surface area contributed by atoms with E-state index < -0.39 is 0 Å². The van der Waals surface area contributed by atoms with Crippen LogP contribution >= 0.6 is 0 Å². The number of hydrogen-bond acceptors (Lipinski definition) is 3. The third kappa shape index (κ3) is 1.79. The van der Waals surface area contributed by atoms with Crippen LogP contribution in [-0.2, 0) is 0 Å². The molecule has 0 amide bonds. The average molecular weight is 256 g/mol. The first-order chi connectivity index (χ1) is 9.20. The molecule has 1 aromatic rings. The molecule has 0 radical (unpaired) electrons. The van der Waals surface area contributed by atoms with Crippen LogP contribution in [-0.4, -0.2) is 30.0 Å². The molecule has 4 saturated heterocycles. The monoisotopic (exact) mass is 256 g/mol. The summed E-state index contributed by atoms with van der Waals surface area (Å²) < 4.78 is 0. The maximum Gasteiger partial charge on any atom is 0.159 e. The van der Waals surface area contributed by atoms with E-state index in [4.69, 9.17) is 0 Å². The molecular formula is C16H20N2O. The van der Waals surface area contributed by atoms with Crippen molar-refractivity contribution in [3.05, 3.63) is 29.8 Å². The number of ketones is 1. The highest BCUT2D eigenvalue weighted by molar-refractivity contribution is 5.95. The highest BCUT2D eigenvalue weighted by Gasteiger charge is 2.46. The minimum Gasteiger partial charge on any atom is -0.365 e. The Morgan fingerprint density at radius 1 is 1.16 bits per heavy atom. The lowest BCUT2D eigenvalue weighted by Crippen LogP contribution is -2.67. The summed E-state index contributed by atoms with van der Waals surface area (Å²) in [5.41, 5.74) is 2.09. The molecule has 0 spiro atoms. The lowest BCUT2D eigenvalue weighted by molar-refractivity contribution is 0.101. The number of rotatable bonds is 2. The van der Waals surface area contributed by atoms with Crippen molar-refractivity contribution in [2.45, 2.75) is 56.8 Å². The highest BCUT2D eigenvalue weighted by Crippen LogP contribution is 2.41. The van der Waals surface area contributed by atoms with Crippen LogP contribution < -0.4 is 10.2 Å². The molecule has 3 nitrogen and oxygen atoms in total. The van der Waals surface area contributed by atoms with Gasteiger partial charge in [-0.1, -0.05) is 12.1 Å². The van der Waals surface area contributed by atoms with Gasteiger partial charge in [0.1, 0.15) is 0 Å². The van der Waals surface area contributed by atoms with Crippen LogP contribution in [0.2, 0.25) is 0 Å². The first kappa shape index (κ1) is 11.5. The van der Waals surface area contributed by atoms with E-state index in [1.165, 1.54) is 31.4 Å². The van der Waals surface area contributed by atoms with Gasteiger partial charge in [0.15, 0.2) is 5.78 Å². The van der Waals surface area contributed by atoms with Crippen LogP contribution in [0.3, 0.4) is 0 Å². The van der Waals surface area contributed by atoms with Crippen molar-refractivity contribution in [2.75, 3.05) is 4.90 Å². The molecule has 0 saturated carbocycles. The van der Waals surface area contributed by atoms with Crippen molar-refractivity contribution in [3.63, 3.8) is 0 Å². The number of Topliss-reactive ketones (excluding diaryl/α,β-unsaturated/α-hetero) is 1. The Balaban J connectivity index is 1.69. The van der Waals surface area contributed by atoms with Gasteiger partial charge < -0.3 is 10.2 Å². The van der Waals surface area contributed by atoms with E-state index in [0.29, 0.717) is 12.1 Å². The molecule has 5 rings (SSSR count). The fourth-order valence-electron chi connectivity index (χ4n) is 4.36. The fourth-order valence-corrected chi connectivity index (χ4v) is 4.36. The molecule has 100 valence electrons. The molecule has 0 aliphatic carbocycles. The third-order valence-corrected chi connectivity index (χ3v) is 5.04. The van der Waals surface area contributed by atoms with Crippen molar-refractivity contribution in [1.82, 2.24) is 5.32 Å². The molecule has 1 aromatic carbocycles. The zero-order valence-corrected chi connectivity index (χ0v) is 11.3. The summed E-state index contributed by atoms with van der Waals surface area (Å²) in [6.07, 6.45) is 5.04.